The van der Waals surface area contributed by atoms with Crippen LogP contribution in [0.2, 0.25) is 5.15 Å². The molecule has 3 aromatic rings. The topological polar surface area (TPSA) is 81.2 Å². The van der Waals surface area contributed by atoms with E-state index in [0.29, 0.717) is 5.69 Å². The molecule has 27 heavy (non-hydrogen) atoms. The molecule has 1 N–H and O–H groups in total. The van der Waals surface area contributed by atoms with E-state index in [9.17, 15) is 9.59 Å². The fourth-order valence-electron chi connectivity index (χ4n) is 2.40. The molecule has 136 valence electrons. The van der Waals surface area contributed by atoms with Gasteiger partial charge in [-0.05, 0) is 31.2 Å². The van der Waals surface area contributed by atoms with Crippen LogP contribution in [0.5, 0.6) is 0 Å². The van der Waals surface area contributed by atoms with Gasteiger partial charge in [-0.15, -0.1) is 0 Å². The number of nitrogens with one attached hydrogen (secondary N) is 1. The van der Waals surface area contributed by atoms with E-state index in [4.69, 9.17) is 16.3 Å². The van der Waals surface area contributed by atoms with Gasteiger partial charge in [-0.2, -0.15) is 0 Å². The summed E-state index contributed by atoms with van der Waals surface area (Å²) < 4.78 is 5.14. The van der Waals surface area contributed by atoms with E-state index in [1.54, 1.807) is 24.4 Å². The first kappa shape index (κ1) is 18.5. The van der Waals surface area contributed by atoms with Crippen molar-refractivity contribution in [2.45, 2.75) is 13.0 Å². The third-order valence-corrected chi connectivity index (χ3v) is 4.04. The molecule has 0 unspecified atom stereocenters. The van der Waals surface area contributed by atoms with Crippen LogP contribution < -0.4 is 5.32 Å². The first-order valence-corrected chi connectivity index (χ1v) is 8.56. The standard InChI is InChI=1S/C20H16ClN3O3/c1-13(20(26)24-16-8-4-12-23-19(16)21)27-17(25)10-9-15-6-2-5-14-7-3-11-22-18(14)15/h2-13H,1H3,(H,24,26)/b10-9+/t13-/m0/s1. The number of rotatable bonds is 5. The van der Waals surface area contributed by atoms with Gasteiger partial charge in [-0.25, -0.2) is 9.78 Å². The van der Waals surface area contributed by atoms with Crippen molar-refractivity contribution in [3.8, 4) is 0 Å². The number of esters is 1. The predicted octanol–water partition coefficient (Wildman–Crippen LogP) is 3.87. The van der Waals surface area contributed by atoms with Crippen molar-refractivity contribution in [3.63, 3.8) is 0 Å². The Balaban J connectivity index is 1.63. The number of carbonyl (C=O) groups excluding carboxylic acids is 2. The van der Waals surface area contributed by atoms with Crippen LogP contribution in [0, 0.1) is 0 Å². The molecular formula is C20H16ClN3O3. The first-order chi connectivity index (χ1) is 13.0. The summed E-state index contributed by atoms with van der Waals surface area (Å²) in [6, 6.07) is 12.7. The van der Waals surface area contributed by atoms with E-state index in [-0.39, 0.29) is 5.15 Å². The van der Waals surface area contributed by atoms with E-state index in [2.05, 4.69) is 15.3 Å². The van der Waals surface area contributed by atoms with Crippen LogP contribution in [0.1, 0.15) is 12.5 Å². The number of aromatic nitrogens is 2. The van der Waals surface area contributed by atoms with Crippen molar-refractivity contribution in [3.05, 3.63) is 71.7 Å². The molecule has 0 spiro atoms. The monoisotopic (exact) mass is 381 g/mol. The van der Waals surface area contributed by atoms with E-state index in [0.717, 1.165) is 16.5 Å². The van der Waals surface area contributed by atoms with Crippen LogP contribution in [-0.2, 0) is 14.3 Å². The van der Waals surface area contributed by atoms with E-state index in [1.807, 2.05) is 30.3 Å². The molecule has 0 aliphatic carbocycles. The van der Waals surface area contributed by atoms with Crippen LogP contribution in [0.3, 0.4) is 0 Å². The van der Waals surface area contributed by atoms with Gasteiger partial charge in [0.1, 0.15) is 0 Å². The highest BCUT2D eigenvalue weighted by Gasteiger charge is 2.17. The number of benzene rings is 1. The molecule has 0 saturated carbocycles. The van der Waals surface area contributed by atoms with E-state index >= 15 is 0 Å². The zero-order chi connectivity index (χ0) is 19.2. The number of anilines is 1. The lowest BCUT2D eigenvalue weighted by molar-refractivity contribution is -0.148. The minimum absolute atomic E-state index is 0.160. The summed E-state index contributed by atoms with van der Waals surface area (Å²) in [5, 5.41) is 3.70. The average molecular weight is 382 g/mol. The third-order valence-electron chi connectivity index (χ3n) is 3.74. The van der Waals surface area contributed by atoms with E-state index < -0.39 is 18.0 Å². The van der Waals surface area contributed by atoms with Crippen LogP contribution >= 0.6 is 11.6 Å². The predicted molar refractivity (Wildman–Crippen MR) is 104 cm³/mol. The SMILES string of the molecule is C[C@H](OC(=O)/C=C/c1cccc2cccnc12)C(=O)Nc1cccnc1Cl. The van der Waals surface area contributed by atoms with Gasteiger partial charge < -0.3 is 10.1 Å². The summed E-state index contributed by atoms with van der Waals surface area (Å²) in [6.07, 6.45) is 5.08. The highest BCUT2D eigenvalue weighted by molar-refractivity contribution is 6.32. The van der Waals surface area contributed by atoms with Crippen LogP contribution in [-0.4, -0.2) is 27.9 Å². The highest BCUT2D eigenvalue weighted by atomic mass is 35.5. The first-order valence-electron chi connectivity index (χ1n) is 8.18. The molecule has 0 radical (unpaired) electrons. The maximum absolute atomic E-state index is 12.1. The second-order valence-electron chi connectivity index (χ2n) is 5.67. The van der Waals surface area contributed by atoms with Crippen molar-refractivity contribution in [1.82, 2.24) is 9.97 Å². The lowest BCUT2D eigenvalue weighted by atomic mass is 10.1. The number of fused-ring (bicyclic) bond motifs is 1. The Morgan fingerprint density at radius 1 is 1.11 bits per heavy atom. The average Bonchev–Trinajstić information content (AvgIpc) is 2.68. The number of ether oxygens (including phenoxy) is 1. The molecule has 0 aliphatic rings. The number of halogens is 1. The number of carbonyl (C=O) groups is 2. The number of pyridine rings is 2. The van der Waals surface area contributed by atoms with E-state index in [1.165, 1.54) is 19.2 Å². The maximum atomic E-state index is 12.1. The Kier molecular flexibility index (Phi) is 5.78. The van der Waals surface area contributed by atoms with Crippen molar-refractivity contribution in [2.75, 3.05) is 5.32 Å². The summed E-state index contributed by atoms with van der Waals surface area (Å²) in [4.78, 5) is 32.4. The van der Waals surface area contributed by atoms with Crippen molar-refractivity contribution in [2.24, 2.45) is 0 Å². The third kappa shape index (κ3) is 4.68. The van der Waals surface area contributed by atoms with Gasteiger partial charge in [0.2, 0.25) is 0 Å². The Labute approximate surface area is 160 Å². The lowest BCUT2D eigenvalue weighted by Crippen LogP contribution is -2.29. The smallest absolute Gasteiger partial charge is 0.331 e. The highest BCUT2D eigenvalue weighted by Crippen LogP contribution is 2.18. The number of amides is 1. The number of hydrogen-bond donors (Lipinski definition) is 1. The second kappa shape index (κ2) is 8.42. The molecule has 2 aromatic heterocycles. The quantitative estimate of drug-likeness (QED) is 0.412. The summed E-state index contributed by atoms with van der Waals surface area (Å²) in [7, 11) is 0. The fourth-order valence-corrected chi connectivity index (χ4v) is 2.57. The zero-order valence-electron chi connectivity index (χ0n) is 14.4. The molecule has 0 fully saturated rings. The van der Waals surface area contributed by atoms with Crippen LogP contribution in [0.15, 0.2) is 60.9 Å². The molecule has 2 heterocycles. The number of para-hydroxylation sites is 1. The number of hydrogen-bond acceptors (Lipinski definition) is 5. The zero-order valence-corrected chi connectivity index (χ0v) is 15.2. The Bertz CT molecular complexity index is 1010. The van der Waals surface area contributed by atoms with Crippen LogP contribution in [0.4, 0.5) is 5.69 Å². The largest absolute Gasteiger partial charge is 0.449 e. The van der Waals surface area contributed by atoms with Gasteiger partial charge >= 0.3 is 5.97 Å². The molecule has 1 aromatic carbocycles. The van der Waals surface area contributed by atoms with Gasteiger partial charge in [0, 0.05) is 29.4 Å². The van der Waals surface area contributed by atoms with Gasteiger partial charge in [0.15, 0.2) is 11.3 Å². The maximum Gasteiger partial charge on any atom is 0.331 e. The molecule has 7 heteroatoms. The molecule has 6 nitrogen and oxygen atoms in total. The van der Waals surface area contributed by atoms with Gasteiger partial charge in [-0.3, -0.25) is 9.78 Å². The molecule has 0 bridgehead atoms. The lowest BCUT2D eigenvalue weighted by Gasteiger charge is -2.12. The Morgan fingerprint density at radius 2 is 1.85 bits per heavy atom. The van der Waals surface area contributed by atoms with Gasteiger partial charge in [-0.1, -0.05) is 35.9 Å². The van der Waals surface area contributed by atoms with Crippen molar-refractivity contribution < 1.29 is 14.3 Å². The molecular weight excluding hydrogens is 366 g/mol. The summed E-state index contributed by atoms with van der Waals surface area (Å²) >= 11 is 5.89. The molecule has 0 aliphatic heterocycles. The Hall–Kier alpha value is -3.25. The minimum Gasteiger partial charge on any atom is -0.449 e. The van der Waals surface area contributed by atoms with Gasteiger partial charge in [0.05, 0.1) is 11.2 Å². The fraction of sp³-hybridized carbons (Fsp3) is 0.100. The van der Waals surface area contributed by atoms with Gasteiger partial charge in [0.25, 0.3) is 5.91 Å². The normalized spacial score (nSPS) is 12.1. The summed E-state index contributed by atoms with van der Waals surface area (Å²) in [6.45, 7) is 1.48. The summed E-state index contributed by atoms with van der Waals surface area (Å²) in [5.74, 6) is -1.14. The summed E-state index contributed by atoms with van der Waals surface area (Å²) in [5.41, 5.74) is 1.91. The van der Waals surface area contributed by atoms with Crippen molar-refractivity contribution in [1.29, 1.82) is 0 Å². The molecule has 3 rings (SSSR count). The second-order valence-corrected chi connectivity index (χ2v) is 6.02. The molecule has 1 amide bonds. The minimum atomic E-state index is -0.996. The Morgan fingerprint density at radius 3 is 2.67 bits per heavy atom. The van der Waals surface area contributed by atoms with Crippen LogP contribution in [0.25, 0.3) is 17.0 Å². The molecule has 1 atom stereocenters. The number of nitrogens with zero attached hydrogens (tertiary/aromatic N) is 2. The van der Waals surface area contributed by atoms with Crippen molar-refractivity contribution >= 4 is 46.1 Å². The molecule has 0 saturated heterocycles.